The van der Waals surface area contributed by atoms with Crippen LogP contribution in [0.3, 0.4) is 0 Å². The standard InChI is InChI=1S/C21H15NO2S/c22-14-17-8-10-18(11-9-17)15-24-21(23)19(20-7-4-12-25-20)13-16-5-2-1-3-6-16/h1-13H,15H2/b19-13+. The third-order valence-corrected chi connectivity index (χ3v) is 4.47. The molecule has 1 aromatic heterocycles. The molecule has 0 bridgehead atoms. The molecular weight excluding hydrogens is 330 g/mol. The van der Waals surface area contributed by atoms with E-state index in [9.17, 15) is 4.79 Å². The molecule has 25 heavy (non-hydrogen) atoms. The first kappa shape index (κ1) is 16.7. The molecule has 0 radical (unpaired) electrons. The summed E-state index contributed by atoms with van der Waals surface area (Å²) in [4.78, 5) is 13.5. The maximum Gasteiger partial charge on any atom is 0.339 e. The van der Waals surface area contributed by atoms with Gasteiger partial charge in [0.2, 0.25) is 0 Å². The predicted octanol–water partition coefficient (Wildman–Crippen LogP) is 4.90. The Kier molecular flexibility index (Phi) is 5.40. The Morgan fingerprint density at radius 1 is 1.04 bits per heavy atom. The van der Waals surface area contributed by atoms with Gasteiger partial charge in [-0.1, -0.05) is 48.5 Å². The fraction of sp³-hybridized carbons (Fsp3) is 0.0476. The normalized spacial score (nSPS) is 10.9. The van der Waals surface area contributed by atoms with Gasteiger partial charge in [0.1, 0.15) is 6.61 Å². The van der Waals surface area contributed by atoms with Gasteiger partial charge in [-0.05, 0) is 40.8 Å². The number of carbonyl (C=O) groups excluding carboxylic acids is 1. The predicted molar refractivity (Wildman–Crippen MR) is 99.6 cm³/mol. The van der Waals surface area contributed by atoms with Crippen molar-refractivity contribution >= 4 is 29.0 Å². The summed E-state index contributed by atoms with van der Waals surface area (Å²) in [7, 11) is 0. The van der Waals surface area contributed by atoms with Crippen molar-refractivity contribution in [1.82, 2.24) is 0 Å². The van der Waals surface area contributed by atoms with Crippen molar-refractivity contribution in [3.8, 4) is 6.07 Å². The molecule has 0 unspecified atom stereocenters. The van der Waals surface area contributed by atoms with Crippen LogP contribution in [0.15, 0.2) is 72.1 Å². The number of thiophene rings is 1. The Hall–Kier alpha value is -3.16. The topological polar surface area (TPSA) is 50.1 Å². The lowest BCUT2D eigenvalue weighted by Crippen LogP contribution is -2.06. The summed E-state index contributed by atoms with van der Waals surface area (Å²) in [5, 5.41) is 10.8. The Bertz CT molecular complexity index is 905. The van der Waals surface area contributed by atoms with Gasteiger partial charge in [0, 0.05) is 4.88 Å². The fourth-order valence-electron chi connectivity index (χ4n) is 2.28. The second-order valence-corrected chi connectivity index (χ2v) is 6.28. The lowest BCUT2D eigenvalue weighted by molar-refractivity contribution is -0.137. The van der Waals surface area contributed by atoms with Crippen LogP contribution in [0.5, 0.6) is 0 Å². The molecule has 1 heterocycles. The molecule has 0 amide bonds. The minimum atomic E-state index is -0.365. The number of benzene rings is 2. The zero-order chi connectivity index (χ0) is 17.5. The molecule has 0 fully saturated rings. The zero-order valence-electron chi connectivity index (χ0n) is 13.4. The number of esters is 1. The van der Waals surface area contributed by atoms with Gasteiger partial charge in [-0.3, -0.25) is 0 Å². The zero-order valence-corrected chi connectivity index (χ0v) is 14.2. The third kappa shape index (κ3) is 4.43. The Morgan fingerprint density at radius 2 is 1.80 bits per heavy atom. The number of carbonyl (C=O) groups is 1. The summed E-state index contributed by atoms with van der Waals surface area (Å²) in [5.74, 6) is -0.365. The highest BCUT2D eigenvalue weighted by molar-refractivity contribution is 7.11. The van der Waals surface area contributed by atoms with Gasteiger partial charge in [-0.25, -0.2) is 4.79 Å². The molecule has 3 rings (SSSR count). The van der Waals surface area contributed by atoms with Gasteiger partial charge in [0.15, 0.2) is 0 Å². The second kappa shape index (κ2) is 8.09. The molecule has 0 atom stereocenters. The van der Waals surface area contributed by atoms with Crippen molar-refractivity contribution in [1.29, 1.82) is 5.26 Å². The molecule has 0 saturated heterocycles. The molecule has 0 N–H and O–H groups in total. The van der Waals surface area contributed by atoms with E-state index in [1.165, 1.54) is 11.3 Å². The summed E-state index contributed by atoms with van der Waals surface area (Å²) in [6.45, 7) is 0.169. The van der Waals surface area contributed by atoms with E-state index in [0.717, 1.165) is 16.0 Å². The van der Waals surface area contributed by atoms with E-state index in [0.29, 0.717) is 11.1 Å². The highest BCUT2D eigenvalue weighted by Gasteiger charge is 2.15. The summed E-state index contributed by atoms with van der Waals surface area (Å²) < 4.78 is 5.48. The molecule has 0 aliphatic heterocycles. The van der Waals surface area contributed by atoms with Gasteiger partial charge in [-0.2, -0.15) is 5.26 Å². The molecule has 0 aliphatic rings. The molecule has 0 aliphatic carbocycles. The van der Waals surface area contributed by atoms with E-state index in [4.69, 9.17) is 10.00 Å². The number of rotatable bonds is 5. The number of nitriles is 1. The smallest absolute Gasteiger partial charge is 0.339 e. The van der Waals surface area contributed by atoms with Crippen LogP contribution in [0.25, 0.3) is 11.6 Å². The number of hydrogen-bond acceptors (Lipinski definition) is 4. The molecular formula is C21H15NO2S. The largest absolute Gasteiger partial charge is 0.457 e. The molecule has 3 nitrogen and oxygen atoms in total. The number of hydrogen-bond donors (Lipinski definition) is 0. The first-order valence-electron chi connectivity index (χ1n) is 7.73. The summed E-state index contributed by atoms with van der Waals surface area (Å²) in [5.41, 5.74) is 2.91. The molecule has 3 aromatic rings. The quantitative estimate of drug-likeness (QED) is 0.488. The average molecular weight is 345 g/mol. The van der Waals surface area contributed by atoms with Crippen LogP contribution in [-0.4, -0.2) is 5.97 Å². The lowest BCUT2D eigenvalue weighted by Gasteiger charge is -2.08. The van der Waals surface area contributed by atoms with Gasteiger partial charge in [0.25, 0.3) is 0 Å². The number of ether oxygens (including phenoxy) is 1. The minimum Gasteiger partial charge on any atom is -0.457 e. The van der Waals surface area contributed by atoms with Gasteiger partial charge < -0.3 is 4.74 Å². The van der Waals surface area contributed by atoms with Crippen LogP contribution in [0.1, 0.15) is 21.6 Å². The minimum absolute atomic E-state index is 0.169. The SMILES string of the molecule is N#Cc1ccc(COC(=O)/C(=C/c2ccccc2)c2cccs2)cc1. The maximum absolute atomic E-state index is 12.6. The first-order chi connectivity index (χ1) is 12.3. The second-order valence-electron chi connectivity index (χ2n) is 5.33. The fourth-order valence-corrected chi connectivity index (χ4v) is 3.01. The highest BCUT2D eigenvalue weighted by atomic mass is 32.1. The van der Waals surface area contributed by atoms with E-state index in [1.54, 1.807) is 24.3 Å². The van der Waals surface area contributed by atoms with E-state index >= 15 is 0 Å². The van der Waals surface area contributed by atoms with Gasteiger partial charge in [0.05, 0.1) is 17.2 Å². The summed E-state index contributed by atoms with van der Waals surface area (Å²) in [6.07, 6.45) is 1.84. The van der Waals surface area contributed by atoms with E-state index in [1.807, 2.05) is 53.9 Å². The van der Waals surface area contributed by atoms with Gasteiger partial charge >= 0.3 is 5.97 Å². The maximum atomic E-state index is 12.6. The average Bonchev–Trinajstić information content (AvgIpc) is 3.20. The van der Waals surface area contributed by atoms with E-state index in [2.05, 4.69) is 6.07 Å². The van der Waals surface area contributed by atoms with Crippen LogP contribution in [0, 0.1) is 11.3 Å². The first-order valence-corrected chi connectivity index (χ1v) is 8.61. The van der Waals surface area contributed by atoms with Crippen molar-refractivity contribution in [3.05, 3.63) is 93.7 Å². The molecule has 4 heteroatoms. The van der Waals surface area contributed by atoms with Crippen LogP contribution in [-0.2, 0) is 16.1 Å². The molecule has 0 saturated carbocycles. The van der Waals surface area contributed by atoms with Crippen LogP contribution in [0.2, 0.25) is 0 Å². The Labute approximate surface area is 150 Å². The molecule has 2 aromatic carbocycles. The Morgan fingerprint density at radius 3 is 2.44 bits per heavy atom. The Balaban J connectivity index is 1.78. The van der Waals surface area contributed by atoms with Gasteiger partial charge in [-0.15, -0.1) is 11.3 Å². The van der Waals surface area contributed by atoms with E-state index < -0.39 is 0 Å². The van der Waals surface area contributed by atoms with Crippen molar-refractivity contribution in [3.63, 3.8) is 0 Å². The van der Waals surface area contributed by atoms with Crippen molar-refractivity contribution in [2.75, 3.05) is 0 Å². The molecule has 0 spiro atoms. The van der Waals surface area contributed by atoms with Crippen molar-refractivity contribution < 1.29 is 9.53 Å². The number of nitrogens with zero attached hydrogens (tertiary/aromatic N) is 1. The van der Waals surface area contributed by atoms with Crippen molar-refractivity contribution in [2.24, 2.45) is 0 Å². The van der Waals surface area contributed by atoms with Crippen LogP contribution >= 0.6 is 11.3 Å². The summed E-state index contributed by atoms with van der Waals surface area (Å²) in [6, 6.07) is 22.6. The van der Waals surface area contributed by atoms with Crippen LogP contribution < -0.4 is 0 Å². The summed E-state index contributed by atoms with van der Waals surface area (Å²) >= 11 is 1.50. The van der Waals surface area contributed by atoms with Crippen LogP contribution in [0.4, 0.5) is 0 Å². The molecule has 122 valence electrons. The highest BCUT2D eigenvalue weighted by Crippen LogP contribution is 2.24. The lowest BCUT2D eigenvalue weighted by atomic mass is 10.1. The van der Waals surface area contributed by atoms with Crippen molar-refractivity contribution in [2.45, 2.75) is 6.61 Å². The van der Waals surface area contributed by atoms with E-state index in [-0.39, 0.29) is 12.6 Å². The third-order valence-electron chi connectivity index (χ3n) is 3.57. The monoisotopic (exact) mass is 345 g/mol.